The van der Waals surface area contributed by atoms with Crippen LogP contribution < -0.4 is 0 Å². The highest BCUT2D eigenvalue weighted by atomic mass is 32.2. The van der Waals surface area contributed by atoms with Gasteiger partial charge in [0.25, 0.3) is 16.6 Å². The minimum absolute atomic E-state index is 0.0471. The van der Waals surface area contributed by atoms with E-state index in [1.165, 1.54) is 0 Å². The molecule has 2 rings (SSSR count). The van der Waals surface area contributed by atoms with E-state index in [0.29, 0.717) is 32.2 Å². The zero-order chi connectivity index (χ0) is 14.9. The first-order valence-corrected chi connectivity index (χ1v) is 8.11. The van der Waals surface area contributed by atoms with Gasteiger partial charge in [0.2, 0.25) is 0 Å². The third-order valence-corrected chi connectivity index (χ3v) is 5.86. The second kappa shape index (κ2) is 5.69. The molecule has 5 unspecified atom stereocenters. The molecule has 20 heavy (non-hydrogen) atoms. The second-order valence-corrected chi connectivity index (χ2v) is 7.29. The van der Waals surface area contributed by atoms with Crippen LogP contribution in [0.25, 0.3) is 0 Å². The summed E-state index contributed by atoms with van der Waals surface area (Å²) in [6.07, 6.45) is 1.55. The molecule has 0 bridgehead atoms. The third kappa shape index (κ3) is 3.12. The van der Waals surface area contributed by atoms with Gasteiger partial charge in [0, 0.05) is 0 Å². The van der Waals surface area contributed by atoms with E-state index < -0.39 is 27.3 Å². The molecule has 8 heteroatoms. The number of carbonyl (C=O) groups is 2. The van der Waals surface area contributed by atoms with Crippen LogP contribution in [0.1, 0.15) is 32.1 Å². The second-order valence-electron chi connectivity index (χ2n) is 5.65. The molecule has 0 radical (unpaired) electrons. The van der Waals surface area contributed by atoms with Gasteiger partial charge in [-0.25, -0.2) is 0 Å². The first-order valence-electron chi connectivity index (χ1n) is 6.61. The summed E-state index contributed by atoms with van der Waals surface area (Å²) < 4.78 is 37.2. The fourth-order valence-electron chi connectivity index (χ4n) is 3.67. The van der Waals surface area contributed by atoms with Crippen molar-refractivity contribution in [1.29, 1.82) is 0 Å². The van der Waals surface area contributed by atoms with Crippen LogP contribution in [0.5, 0.6) is 0 Å². The van der Waals surface area contributed by atoms with Gasteiger partial charge in [-0.1, -0.05) is 0 Å². The van der Waals surface area contributed by atoms with Crippen LogP contribution in [0.2, 0.25) is 0 Å². The maximum absolute atomic E-state index is 11.5. The Morgan fingerprint density at radius 2 is 1.90 bits per heavy atom. The number of ether oxygens (including phenoxy) is 1. The summed E-state index contributed by atoms with van der Waals surface area (Å²) in [6, 6.07) is 0. The Morgan fingerprint density at radius 3 is 2.45 bits per heavy atom. The summed E-state index contributed by atoms with van der Waals surface area (Å²) in [5, 5.41) is 8.09. The van der Waals surface area contributed by atoms with Gasteiger partial charge >= 0.3 is 5.97 Å². The van der Waals surface area contributed by atoms with E-state index in [-0.39, 0.29) is 24.4 Å². The predicted octanol–water partition coefficient (Wildman–Crippen LogP) is 0.695. The van der Waals surface area contributed by atoms with Crippen LogP contribution in [0.15, 0.2) is 0 Å². The maximum atomic E-state index is 11.5. The van der Waals surface area contributed by atoms with Gasteiger partial charge in [-0.05, 0) is 43.9 Å². The van der Waals surface area contributed by atoms with Gasteiger partial charge in [0.05, 0.1) is 11.2 Å². The highest BCUT2D eigenvalue weighted by Gasteiger charge is 2.48. The number of carbonyl (C=O) groups excluding carboxylic acids is 1. The monoisotopic (exact) mass is 306 g/mol. The van der Waals surface area contributed by atoms with Crippen molar-refractivity contribution in [3.63, 3.8) is 0 Å². The number of carboxylic acids is 1. The van der Waals surface area contributed by atoms with E-state index in [2.05, 4.69) is 0 Å². The van der Waals surface area contributed by atoms with E-state index >= 15 is 0 Å². The Balaban J connectivity index is 2.20. The fourth-order valence-corrected chi connectivity index (χ4v) is 4.94. The van der Waals surface area contributed by atoms with Crippen LogP contribution in [0, 0.1) is 17.8 Å². The minimum Gasteiger partial charge on any atom is -0.481 e. The summed E-state index contributed by atoms with van der Waals surface area (Å²) in [6.45, 7) is 0.364. The third-order valence-electron chi connectivity index (χ3n) is 4.55. The quantitative estimate of drug-likeness (QED) is 0.579. The van der Waals surface area contributed by atoms with Crippen molar-refractivity contribution in [3.05, 3.63) is 0 Å². The van der Waals surface area contributed by atoms with Crippen molar-refractivity contribution in [2.75, 3.05) is 0 Å². The molecule has 0 saturated heterocycles. The molecule has 0 heterocycles. The van der Waals surface area contributed by atoms with E-state index in [1.807, 2.05) is 0 Å². The highest BCUT2D eigenvalue weighted by Crippen LogP contribution is 2.45. The predicted molar refractivity (Wildman–Crippen MR) is 67.5 cm³/mol. The van der Waals surface area contributed by atoms with Crippen molar-refractivity contribution in [2.24, 2.45) is 17.8 Å². The topological polar surface area (TPSA) is 118 Å². The van der Waals surface area contributed by atoms with Crippen molar-refractivity contribution < 1.29 is 32.4 Å². The largest absolute Gasteiger partial charge is 0.481 e. The highest BCUT2D eigenvalue weighted by molar-refractivity contribution is 7.86. The molecule has 0 aromatic heterocycles. The van der Waals surface area contributed by atoms with Crippen molar-refractivity contribution >= 4 is 22.6 Å². The lowest BCUT2D eigenvalue weighted by Gasteiger charge is -2.43. The van der Waals surface area contributed by atoms with E-state index in [9.17, 15) is 22.6 Å². The van der Waals surface area contributed by atoms with Gasteiger partial charge in [-0.2, -0.15) is 8.42 Å². The van der Waals surface area contributed by atoms with Crippen LogP contribution in [0.3, 0.4) is 0 Å². The lowest BCUT2D eigenvalue weighted by Crippen LogP contribution is -2.46. The molecule has 7 nitrogen and oxygen atoms in total. The van der Waals surface area contributed by atoms with Crippen LogP contribution in [-0.4, -0.2) is 41.9 Å². The zero-order valence-corrected chi connectivity index (χ0v) is 11.7. The molecule has 2 fully saturated rings. The Hall–Kier alpha value is -1.15. The average Bonchev–Trinajstić information content (AvgIpc) is 2.36. The van der Waals surface area contributed by atoms with Crippen LogP contribution in [-0.2, 0) is 24.4 Å². The van der Waals surface area contributed by atoms with E-state index in [1.54, 1.807) is 0 Å². The molecule has 5 atom stereocenters. The number of aliphatic carboxylic acids is 1. The van der Waals surface area contributed by atoms with E-state index in [0.717, 1.165) is 0 Å². The molecule has 2 saturated carbocycles. The molecule has 0 aromatic rings. The standard InChI is InChI=1S/C12H18O7S/c13-6-19-9-1-2-10-7(4-9)3-8(12(14)15)5-11(10)20(16,17)18/h6-11H,1-5H2,(H,14,15)(H,16,17,18). The van der Waals surface area contributed by atoms with Gasteiger partial charge in [-0.3, -0.25) is 14.1 Å². The maximum Gasteiger partial charge on any atom is 0.306 e. The lowest BCUT2D eigenvalue weighted by molar-refractivity contribution is -0.146. The molecular formula is C12H18O7S. The Bertz CT molecular complexity index is 486. The van der Waals surface area contributed by atoms with Crippen molar-refractivity contribution in [1.82, 2.24) is 0 Å². The first kappa shape index (κ1) is 15.2. The summed E-state index contributed by atoms with van der Waals surface area (Å²) >= 11 is 0. The molecule has 2 N–H and O–H groups in total. The summed E-state index contributed by atoms with van der Waals surface area (Å²) in [7, 11) is -4.27. The summed E-state index contributed by atoms with van der Waals surface area (Å²) in [5.74, 6) is -2.24. The Morgan fingerprint density at radius 1 is 1.20 bits per heavy atom. The molecule has 2 aliphatic carbocycles. The van der Waals surface area contributed by atoms with Crippen LogP contribution >= 0.6 is 0 Å². The smallest absolute Gasteiger partial charge is 0.306 e. The van der Waals surface area contributed by atoms with Gasteiger partial charge in [0.15, 0.2) is 0 Å². The average molecular weight is 306 g/mol. The summed E-state index contributed by atoms with van der Waals surface area (Å²) in [4.78, 5) is 21.5. The minimum atomic E-state index is -4.27. The van der Waals surface area contributed by atoms with Gasteiger partial charge < -0.3 is 9.84 Å². The lowest BCUT2D eigenvalue weighted by atomic mass is 9.66. The molecule has 0 amide bonds. The molecule has 0 aliphatic heterocycles. The van der Waals surface area contributed by atoms with Crippen molar-refractivity contribution in [2.45, 2.75) is 43.5 Å². The van der Waals surface area contributed by atoms with E-state index in [4.69, 9.17) is 9.84 Å². The molecule has 0 spiro atoms. The first-order chi connectivity index (χ1) is 9.32. The zero-order valence-electron chi connectivity index (χ0n) is 10.8. The molecule has 114 valence electrons. The Kier molecular flexibility index (Phi) is 4.33. The number of fused-ring (bicyclic) bond motifs is 1. The molecule has 0 aromatic carbocycles. The number of carboxylic acid groups (broad SMARTS) is 1. The number of hydrogen-bond acceptors (Lipinski definition) is 5. The number of hydrogen-bond donors (Lipinski definition) is 2. The van der Waals surface area contributed by atoms with Gasteiger partial charge in [-0.15, -0.1) is 0 Å². The van der Waals surface area contributed by atoms with Crippen LogP contribution in [0.4, 0.5) is 0 Å². The summed E-state index contributed by atoms with van der Waals surface area (Å²) in [5.41, 5.74) is 0. The molecule has 2 aliphatic rings. The number of rotatable bonds is 4. The Labute approximate surface area is 117 Å². The molecular weight excluding hydrogens is 288 g/mol. The van der Waals surface area contributed by atoms with Crippen molar-refractivity contribution in [3.8, 4) is 0 Å². The SMILES string of the molecule is O=COC1CCC2C(C1)CC(C(=O)O)CC2S(=O)(=O)O. The fraction of sp³-hybridized carbons (Fsp3) is 0.833. The van der Waals surface area contributed by atoms with Gasteiger partial charge in [0.1, 0.15) is 6.10 Å². The normalized spacial score (nSPS) is 37.8.